The fraction of sp³-hybridized carbons (Fsp3) is 0.378. The van der Waals surface area contributed by atoms with Gasteiger partial charge in [0.25, 0.3) is 0 Å². The number of likely N-dealkylation sites (tertiary alicyclic amines) is 1. The summed E-state index contributed by atoms with van der Waals surface area (Å²) >= 11 is 14.3. The first-order chi connectivity index (χ1) is 24.0. The Morgan fingerprint density at radius 2 is 1.76 bits per heavy atom. The fourth-order valence-electron chi connectivity index (χ4n) is 7.06. The molecule has 1 aliphatic heterocycles. The largest absolute Gasteiger partial charge is 0.493 e. The quantitative estimate of drug-likeness (QED) is 0.0881. The second-order valence-electron chi connectivity index (χ2n) is 12.8. The number of methoxy groups -OCH3 is 2. The molecule has 2 atom stereocenters. The van der Waals surface area contributed by atoms with Crippen LogP contribution in [-0.4, -0.2) is 67.6 Å². The van der Waals surface area contributed by atoms with Crippen molar-refractivity contribution in [3.8, 4) is 11.5 Å². The van der Waals surface area contributed by atoms with Crippen LogP contribution in [0.2, 0.25) is 10.0 Å². The van der Waals surface area contributed by atoms with Gasteiger partial charge in [-0.25, -0.2) is 9.59 Å². The smallest absolute Gasteiger partial charge is 0.346 e. The molecular formula is C37H40Cl2N3O7S+. The molecule has 1 unspecified atom stereocenters. The van der Waals surface area contributed by atoms with Crippen molar-refractivity contribution in [2.75, 3.05) is 34.4 Å². The van der Waals surface area contributed by atoms with Crippen molar-refractivity contribution in [1.29, 1.82) is 0 Å². The molecule has 0 bridgehead atoms. The number of aromatic carboxylic acids is 1. The summed E-state index contributed by atoms with van der Waals surface area (Å²) in [7, 11) is 5.15. The lowest BCUT2D eigenvalue weighted by Crippen LogP contribution is -2.50. The molecule has 3 N–H and O–H groups in total. The highest BCUT2D eigenvalue weighted by atomic mass is 35.5. The molecule has 2 aromatic heterocycles. The van der Waals surface area contributed by atoms with Crippen LogP contribution in [0.4, 0.5) is 0 Å². The van der Waals surface area contributed by atoms with Crippen molar-refractivity contribution in [2.24, 2.45) is 0 Å². The molecule has 6 rings (SSSR count). The van der Waals surface area contributed by atoms with Gasteiger partial charge in [0.05, 0.1) is 14.2 Å². The first-order valence-corrected chi connectivity index (χ1v) is 18.0. The van der Waals surface area contributed by atoms with E-state index in [1.165, 1.54) is 19.5 Å². The molecule has 264 valence electrons. The number of carboxylic acid groups (broad SMARTS) is 1. The summed E-state index contributed by atoms with van der Waals surface area (Å²) in [5, 5.41) is 24.5. The minimum Gasteiger partial charge on any atom is -0.493 e. The monoisotopic (exact) mass is 740 g/mol. The van der Waals surface area contributed by atoms with Gasteiger partial charge in [-0.2, -0.15) is 0 Å². The number of pyridine rings is 1. The molecule has 0 amide bonds. The Morgan fingerprint density at radius 3 is 2.44 bits per heavy atom. The first kappa shape index (κ1) is 35.9. The summed E-state index contributed by atoms with van der Waals surface area (Å²) in [5.74, 6) is -0.916. The van der Waals surface area contributed by atoms with E-state index in [1.54, 1.807) is 13.2 Å². The highest BCUT2D eigenvalue weighted by Crippen LogP contribution is 2.43. The van der Waals surface area contributed by atoms with E-state index >= 15 is 0 Å². The van der Waals surface area contributed by atoms with Crippen LogP contribution in [0, 0.1) is 0 Å². The average Bonchev–Trinajstić information content (AvgIpc) is 3.70. The second-order valence-corrected chi connectivity index (χ2v) is 14.8. The predicted molar refractivity (Wildman–Crippen MR) is 190 cm³/mol. The Hall–Kier alpha value is -3.87. The van der Waals surface area contributed by atoms with Crippen molar-refractivity contribution in [3.05, 3.63) is 109 Å². The van der Waals surface area contributed by atoms with Gasteiger partial charge in [-0.1, -0.05) is 53.5 Å². The Bertz CT molecular complexity index is 1870. The van der Waals surface area contributed by atoms with Crippen LogP contribution >= 0.6 is 34.5 Å². The molecule has 0 saturated carbocycles. The lowest BCUT2D eigenvalue weighted by atomic mass is 9.85. The first-order valence-electron chi connectivity index (χ1n) is 16.4. The number of thiophene rings is 1. The molecule has 1 fully saturated rings. The summed E-state index contributed by atoms with van der Waals surface area (Å²) < 4.78 is 18.0. The van der Waals surface area contributed by atoms with Gasteiger partial charge in [0.1, 0.15) is 26.6 Å². The number of piperidine rings is 1. The van der Waals surface area contributed by atoms with Gasteiger partial charge in [0.2, 0.25) is 12.4 Å². The van der Waals surface area contributed by atoms with E-state index < -0.39 is 17.4 Å². The van der Waals surface area contributed by atoms with Gasteiger partial charge < -0.3 is 24.2 Å². The van der Waals surface area contributed by atoms with E-state index in [2.05, 4.69) is 17.3 Å². The number of carboxylic acids is 1. The number of aromatic nitrogens is 1. The minimum atomic E-state index is -1.08. The highest BCUT2D eigenvalue weighted by molar-refractivity contribution is 7.14. The number of nitrogens with one attached hydrogen (secondary N) is 1. The van der Waals surface area contributed by atoms with Crippen molar-refractivity contribution >= 4 is 46.5 Å². The number of ether oxygens (including phenoxy) is 3. The number of carbonyl (C=O) groups is 2. The number of benzene rings is 2. The maximum Gasteiger partial charge on any atom is 0.346 e. The molecular weight excluding hydrogens is 701 g/mol. The van der Waals surface area contributed by atoms with Crippen molar-refractivity contribution in [1.82, 2.24) is 10.2 Å². The summed E-state index contributed by atoms with van der Waals surface area (Å²) in [6, 6.07) is 15.2. The van der Waals surface area contributed by atoms with Crippen molar-refractivity contribution < 1.29 is 38.8 Å². The Morgan fingerprint density at radius 1 is 1.06 bits per heavy atom. The van der Waals surface area contributed by atoms with E-state index in [0.717, 1.165) is 70.0 Å². The SMILES string of the molecule is COc1ccc([C@H](Cc2c(Cl)c[n+](O)cc2Cl)c2cc(CNC3(C(=O)OC4CCN(C)CC4)CCc4ccccc43)sc2C(=O)O)cc1OC. The van der Waals surface area contributed by atoms with Gasteiger partial charge in [-0.05, 0) is 79.6 Å². The lowest BCUT2D eigenvalue weighted by Gasteiger charge is -2.34. The Labute approximate surface area is 305 Å². The topological polar surface area (TPSA) is 121 Å². The molecule has 2 aliphatic rings. The molecule has 2 aromatic carbocycles. The lowest BCUT2D eigenvalue weighted by molar-refractivity contribution is -0.904. The van der Waals surface area contributed by atoms with E-state index in [-0.39, 0.29) is 40.0 Å². The average molecular weight is 742 g/mol. The molecule has 50 heavy (non-hydrogen) atoms. The summed E-state index contributed by atoms with van der Waals surface area (Å²) in [5.41, 5.74) is 2.76. The number of aryl methyl sites for hydroxylation is 1. The maximum atomic E-state index is 14.1. The zero-order chi connectivity index (χ0) is 35.6. The number of nitrogens with zero attached hydrogens (tertiary/aromatic N) is 2. The van der Waals surface area contributed by atoms with Crippen LogP contribution < -0.4 is 19.5 Å². The molecule has 1 saturated heterocycles. The van der Waals surface area contributed by atoms with Gasteiger partial charge in [0, 0.05) is 40.7 Å². The Kier molecular flexibility index (Phi) is 10.9. The van der Waals surface area contributed by atoms with E-state index in [9.17, 15) is 19.9 Å². The Balaban J connectivity index is 1.37. The molecule has 13 heteroatoms. The molecule has 0 radical (unpaired) electrons. The number of rotatable bonds is 12. The number of fused-ring (bicyclic) bond motifs is 1. The molecule has 10 nitrogen and oxygen atoms in total. The number of hydrogen-bond donors (Lipinski definition) is 3. The van der Waals surface area contributed by atoms with E-state index in [1.807, 2.05) is 42.5 Å². The van der Waals surface area contributed by atoms with Crippen LogP contribution in [0.25, 0.3) is 0 Å². The maximum absolute atomic E-state index is 14.1. The van der Waals surface area contributed by atoms with Gasteiger partial charge >= 0.3 is 11.9 Å². The van der Waals surface area contributed by atoms with Crippen molar-refractivity contribution in [3.63, 3.8) is 0 Å². The summed E-state index contributed by atoms with van der Waals surface area (Å²) in [6.07, 6.45) is 5.54. The van der Waals surface area contributed by atoms with Crippen LogP contribution in [0.3, 0.4) is 0 Å². The zero-order valence-electron chi connectivity index (χ0n) is 28.1. The zero-order valence-corrected chi connectivity index (χ0v) is 30.4. The number of esters is 1. The van der Waals surface area contributed by atoms with E-state index in [0.29, 0.717) is 29.0 Å². The van der Waals surface area contributed by atoms with Crippen LogP contribution in [0.15, 0.2) is 60.9 Å². The van der Waals surface area contributed by atoms with Crippen molar-refractivity contribution in [2.45, 2.75) is 56.2 Å². The van der Waals surface area contributed by atoms with Gasteiger partial charge in [-0.15, -0.1) is 11.3 Å². The second kappa shape index (κ2) is 15.2. The molecule has 0 spiro atoms. The highest BCUT2D eigenvalue weighted by Gasteiger charge is 2.47. The molecule has 4 aromatic rings. The molecule has 3 heterocycles. The van der Waals surface area contributed by atoms with E-state index in [4.69, 9.17) is 37.4 Å². The minimum absolute atomic E-state index is 0.150. The standard InChI is InChI=1S/C37H39Cl2N3O7S/c1-41-14-11-24(12-15-41)49-36(45)37(13-10-22-6-4-5-7-29(22)37)40-19-25-17-27(34(50-25)35(43)44)26(18-28-30(38)20-42(46)21-31(28)39)23-8-9-32(47-2)33(16-23)48-3/h4-9,16-17,20-21,24,26,40H,10-15,18-19H2,1-3H3,(H-,43,44,46)/p+1/t26-,37?/m0/s1. The number of halogens is 2. The normalized spacial score (nSPS) is 18.4. The summed E-state index contributed by atoms with van der Waals surface area (Å²) in [4.78, 5) is 30.1. The molecule has 1 aliphatic carbocycles. The summed E-state index contributed by atoms with van der Waals surface area (Å²) in [6.45, 7) is 1.97. The predicted octanol–water partition coefficient (Wildman–Crippen LogP) is 6.24. The fourth-order valence-corrected chi connectivity index (χ4v) is 8.66. The third-order valence-corrected chi connectivity index (χ3v) is 11.6. The number of carbonyl (C=O) groups excluding carboxylic acids is 1. The van der Waals surface area contributed by atoms with Gasteiger partial charge in [-0.3, -0.25) is 10.5 Å². The van der Waals surface area contributed by atoms with Crippen LogP contribution in [-0.2, 0) is 34.5 Å². The van der Waals surface area contributed by atoms with Crippen LogP contribution in [0.1, 0.15) is 67.5 Å². The van der Waals surface area contributed by atoms with Gasteiger partial charge in [0.15, 0.2) is 11.5 Å². The number of hydrogen-bond acceptors (Lipinski definition) is 9. The van der Waals surface area contributed by atoms with Crippen LogP contribution in [0.5, 0.6) is 11.5 Å². The third-order valence-electron chi connectivity index (χ3n) is 9.77. The third kappa shape index (κ3) is 7.29.